The third kappa shape index (κ3) is 5.56. The maximum Gasteiger partial charge on any atom is 0.292 e. The third-order valence-electron chi connectivity index (χ3n) is 4.85. The average molecular weight is 501 g/mol. The Labute approximate surface area is 204 Å². The van der Waals surface area contributed by atoms with Crippen LogP contribution in [0.1, 0.15) is 27.6 Å². The Hall–Kier alpha value is -3.82. The Kier molecular flexibility index (Phi) is 6.85. The summed E-state index contributed by atoms with van der Waals surface area (Å²) < 4.78 is 12.8. The number of amides is 1. The molecule has 174 valence electrons. The van der Waals surface area contributed by atoms with Gasteiger partial charge in [-0.05, 0) is 48.9 Å². The summed E-state index contributed by atoms with van der Waals surface area (Å²) in [6.07, 6.45) is 0. The van der Waals surface area contributed by atoms with E-state index in [1.165, 1.54) is 30.3 Å². The van der Waals surface area contributed by atoms with Gasteiger partial charge in [-0.15, -0.1) is 0 Å². The minimum Gasteiger partial charge on any atom is -0.486 e. The number of carbonyl (C=O) groups is 1. The number of hydrogen-bond acceptors (Lipinski definition) is 6. The summed E-state index contributed by atoms with van der Waals surface area (Å²) in [5, 5.41) is 18.8. The van der Waals surface area contributed by atoms with Gasteiger partial charge in [-0.25, -0.2) is 0 Å². The van der Waals surface area contributed by atoms with E-state index >= 15 is 0 Å². The minimum atomic E-state index is -0.487. The summed E-state index contributed by atoms with van der Waals surface area (Å²) in [7, 11) is 0. The Bertz CT molecular complexity index is 1350. The smallest absolute Gasteiger partial charge is 0.292 e. The van der Waals surface area contributed by atoms with Crippen LogP contribution >= 0.6 is 23.2 Å². The van der Waals surface area contributed by atoms with Crippen LogP contribution in [0.2, 0.25) is 10.0 Å². The number of carbonyl (C=O) groups excluding carboxylic acids is 1. The molecule has 1 amide bonds. The molecule has 4 aromatic rings. The van der Waals surface area contributed by atoms with Crippen LogP contribution in [0.3, 0.4) is 0 Å². The highest BCUT2D eigenvalue weighted by atomic mass is 35.5. The number of furan rings is 1. The molecule has 0 radical (unpaired) electrons. The molecule has 2 aromatic heterocycles. The van der Waals surface area contributed by atoms with E-state index in [9.17, 15) is 14.9 Å². The number of hydrogen-bond donors (Lipinski definition) is 1. The molecule has 2 aromatic carbocycles. The van der Waals surface area contributed by atoms with Gasteiger partial charge in [0.2, 0.25) is 0 Å². The fraction of sp³-hybridized carbons (Fsp3) is 0.130. The van der Waals surface area contributed by atoms with Gasteiger partial charge in [0.25, 0.3) is 11.6 Å². The van der Waals surface area contributed by atoms with Crippen molar-refractivity contribution in [3.63, 3.8) is 0 Å². The molecule has 2 heterocycles. The van der Waals surface area contributed by atoms with Gasteiger partial charge in [-0.1, -0.05) is 29.3 Å². The average Bonchev–Trinajstić information content (AvgIpc) is 3.42. The zero-order chi connectivity index (χ0) is 24.2. The van der Waals surface area contributed by atoms with Crippen LogP contribution in [0.5, 0.6) is 5.75 Å². The van der Waals surface area contributed by atoms with Crippen LogP contribution in [0.4, 0.5) is 11.5 Å². The number of rotatable bonds is 8. The van der Waals surface area contributed by atoms with E-state index < -0.39 is 10.8 Å². The van der Waals surface area contributed by atoms with Gasteiger partial charge in [0.05, 0.1) is 21.5 Å². The molecule has 0 aliphatic rings. The van der Waals surface area contributed by atoms with Crippen molar-refractivity contribution in [3.8, 4) is 5.75 Å². The van der Waals surface area contributed by atoms with E-state index in [1.807, 2.05) is 13.0 Å². The summed E-state index contributed by atoms with van der Waals surface area (Å²) in [6, 6.07) is 15.9. The van der Waals surface area contributed by atoms with Gasteiger partial charge in [-0.2, -0.15) is 5.10 Å². The second kappa shape index (κ2) is 9.98. The number of aryl methyl sites for hydroxylation is 1. The number of non-ortho nitro benzene ring substituents is 1. The Balaban J connectivity index is 1.35. The number of nitro groups is 1. The Morgan fingerprint density at radius 2 is 1.88 bits per heavy atom. The number of aromatic nitrogens is 2. The number of ether oxygens (including phenoxy) is 1. The van der Waals surface area contributed by atoms with Crippen LogP contribution in [0.15, 0.2) is 65.1 Å². The Morgan fingerprint density at radius 3 is 2.59 bits per heavy atom. The first-order valence-electron chi connectivity index (χ1n) is 10.0. The lowest BCUT2D eigenvalue weighted by atomic mass is 10.2. The van der Waals surface area contributed by atoms with Crippen molar-refractivity contribution in [1.29, 1.82) is 0 Å². The predicted molar refractivity (Wildman–Crippen MR) is 127 cm³/mol. The summed E-state index contributed by atoms with van der Waals surface area (Å²) in [4.78, 5) is 22.8. The van der Waals surface area contributed by atoms with Crippen molar-refractivity contribution in [3.05, 3.63) is 104 Å². The van der Waals surface area contributed by atoms with Crippen LogP contribution in [0.25, 0.3) is 0 Å². The quantitative estimate of drug-likeness (QED) is 0.238. The van der Waals surface area contributed by atoms with Crippen LogP contribution < -0.4 is 10.1 Å². The third-order valence-corrected chi connectivity index (χ3v) is 5.59. The molecule has 0 aliphatic heterocycles. The second-order valence-corrected chi connectivity index (χ2v) is 8.15. The van der Waals surface area contributed by atoms with Crippen LogP contribution in [0, 0.1) is 17.0 Å². The largest absolute Gasteiger partial charge is 0.486 e. The topological polar surface area (TPSA) is 112 Å². The molecular formula is C23H18Cl2N4O5. The molecule has 9 nitrogen and oxygen atoms in total. The van der Waals surface area contributed by atoms with E-state index in [4.69, 9.17) is 32.4 Å². The molecule has 0 spiro atoms. The zero-order valence-corrected chi connectivity index (χ0v) is 19.3. The molecule has 0 aliphatic carbocycles. The van der Waals surface area contributed by atoms with Crippen LogP contribution in [-0.4, -0.2) is 20.6 Å². The van der Waals surface area contributed by atoms with Crippen molar-refractivity contribution in [2.75, 3.05) is 5.32 Å². The highest BCUT2D eigenvalue weighted by molar-refractivity contribution is 6.42. The molecule has 0 atom stereocenters. The maximum absolute atomic E-state index is 12.6. The first-order chi connectivity index (χ1) is 16.3. The van der Waals surface area contributed by atoms with Crippen molar-refractivity contribution in [1.82, 2.24) is 9.78 Å². The van der Waals surface area contributed by atoms with E-state index in [-0.39, 0.29) is 18.1 Å². The lowest BCUT2D eigenvalue weighted by molar-refractivity contribution is -0.384. The fourth-order valence-corrected chi connectivity index (χ4v) is 3.44. The normalized spacial score (nSPS) is 10.8. The maximum atomic E-state index is 12.6. The van der Waals surface area contributed by atoms with Gasteiger partial charge >= 0.3 is 0 Å². The SMILES string of the molecule is Cc1cc(NC(=O)c2ccc(COc3ccc([N+](=O)[O-])cc3)o2)nn1Cc1ccc(Cl)c(Cl)c1. The number of halogens is 2. The molecule has 0 bridgehead atoms. The summed E-state index contributed by atoms with van der Waals surface area (Å²) in [5.41, 5.74) is 1.74. The standard InChI is InChI=1S/C23H18Cl2N4O5/c1-14-10-22(27-28(14)12-15-2-8-19(24)20(25)11-15)26-23(30)21-9-7-18(34-21)13-33-17-5-3-16(4-6-17)29(31)32/h2-11H,12-13H2,1H3,(H,26,27,30). The molecule has 4 rings (SSSR count). The van der Waals surface area contributed by atoms with E-state index in [2.05, 4.69) is 10.4 Å². The minimum absolute atomic E-state index is 0.0288. The molecule has 1 N–H and O–H groups in total. The first kappa shape index (κ1) is 23.3. The van der Waals surface area contributed by atoms with E-state index in [0.29, 0.717) is 33.9 Å². The highest BCUT2D eigenvalue weighted by Crippen LogP contribution is 2.24. The van der Waals surface area contributed by atoms with E-state index in [1.54, 1.807) is 28.9 Å². The number of nitro benzene ring substituents is 1. The molecule has 11 heteroatoms. The monoisotopic (exact) mass is 500 g/mol. The molecule has 0 saturated carbocycles. The van der Waals surface area contributed by atoms with Crippen molar-refractivity contribution in [2.24, 2.45) is 0 Å². The summed E-state index contributed by atoms with van der Waals surface area (Å²) >= 11 is 12.0. The highest BCUT2D eigenvalue weighted by Gasteiger charge is 2.15. The lowest BCUT2D eigenvalue weighted by Gasteiger charge is -2.06. The molecule has 34 heavy (non-hydrogen) atoms. The lowest BCUT2D eigenvalue weighted by Crippen LogP contribution is -2.12. The Morgan fingerprint density at radius 1 is 1.12 bits per heavy atom. The predicted octanol–water partition coefficient (Wildman–Crippen LogP) is 5.88. The number of nitrogens with one attached hydrogen (secondary N) is 1. The number of nitrogens with zero attached hydrogens (tertiary/aromatic N) is 3. The second-order valence-electron chi connectivity index (χ2n) is 7.34. The van der Waals surface area contributed by atoms with Gasteiger partial charge in [0.15, 0.2) is 11.6 Å². The molecule has 0 saturated heterocycles. The zero-order valence-electron chi connectivity index (χ0n) is 17.8. The fourth-order valence-electron chi connectivity index (χ4n) is 3.12. The number of benzene rings is 2. The van der Waals surface area contributed by atoms with Crippen molar-refractivity contribution >= 4 is 40.6 Å². The van der Waals surface area contributed by atoms with E-state index in [0.717, 1.165) is 11.3 Å². The van der Waals surface area contributed by atoms with Gasteiger partial charge in [-0.3, -0.25) is 19.6 Å². The summed E-state index contributed by atoms with van der Waals surface area (Å²) in [6.45, 7) is 2.40. The summed E-state index contributed by atoms with van der Waals surface area (Å²) in [5.74, 6) is 0.878. The van der Waals surface area contributed by atoms with Gasteiger partial charge < -0.3 is 14.5 Å². The van der Waals surface area contributed by atoms with Crippen molar-refractivity contribution in [2.45, 2.75) is 20.1 Å². The molecule has 0 unspecified atom stereocenters. The first-order valence-corrected chi connectivity index (χ1v) is 10.8. The van der Waals surface area contributed by atoms with Crippen molar-refractivity contribution < 1.29 is 18.9 Å². The van der Waals surface area contributed by atoms with Gasteiger partial charge in [0, 0.05) is 23.9 Å². The molecular weight excluding hydrogens is 483 g/mol. The van der Waals surface area contributed by atoms with Gasteiger partial charge in [0.1, 0.15) is 18.1 Å². The number of anilines is 1. The van der Waals surface area contributed by atoms with Crippen LogP contribution in [-0.2, 0) is 13.2 Å². The molecule has 0 fully saturated rings.